The van der Waals surface area contributed by atoms with E-state index in [0.717, 1.165) is 18.7 Å². The van der Waals surface area contributed by atoms with E-state index in [9.17, 15) is 10.1 Å². The van der Waals surface area contributed by atoms with Crippen LogP contribution in [0.25, 0.3) is 0 Å². The van der Waals surface area contributed by atoms with Gasteiger partial charge >= 0.3 is 0 Å². The number of anilines is 1. The number of rotatable bonds is 6. The molecule has 0 heterocycles. The van der Waals surface area contributed by atoms with Crippen LogP contribution in [0.1, 0.15) is 20.3 Å². The maximum Gasteiger partial charge on any atom is 0.283 e. The number of nitrogens with one attached hydrogen (secondary N) is 1. The molecule has 0 aliphatic heterocycles. The summed E-state index contributed by atoms with van der Waals surface area (Å²) in [5.41, 5.74) is 0.738. The first kappa shape index (κ1) is 14.9. The Balaban J connectivity index is 2.59. The van der Waals surface area contributed by atoms with Crippen molar-refractivity contribution in [2.75, 3.05) is 19.0 Å². The summed E-state index contributed by atoms with van der Waals surface area (Å²) in [7, 11) is 1.68. The molecule has 0 fully saturated rings. The van der Waals surface area contributed by atoms with Gasteiger partial charge in [-0.3, -0.25) is 10.1 Å². The number of ether oxygens (including phenoxy) is 1. The van der Waals surface area contributed by atoms with Gasteiger partial charge in [0.2, 0.25) is 0 Å². The molecule has 0 aliphatic rings. The normalized spacial score (nSPS) is 11.3. The Morgan fingerprint density at radius 2 is 2.17 bits per heavy atom. The summed E-state index contributed by atoms with van der Waals surface area (Å²) in [6.07, 6.45) is 0.845. The maximum absolute atomic E-state index is 10.7. The minimum atomic E-state index is -0.415. The fraction of sp³-hybridized carbons (Fsp3) is 0.500. The van der Waals surface area contributed by atoms with Gasteiger partial charge in [-0.1, -0.05) is 0 Å². The van der Waals surface area contributed by atoms with E-state index in [4.69, 9.17) is 4.74 Å². The number of methoxy groups -OCH3 is 1. The second kappa shape index (κ2) is 6.15. The second-order valence-electron chi connectivity index (χ2n) is 4.56. The Bertz CT molecular complexity index is 435. The highest BCUT2D eigenvalue weighted by atomic mass is 79.9. The molecule has 1 rings (SSSR count). The molecule has 0 atom stereocenters. The Hall–Kier alpha value is -1.14. The van der Waals surface area contributed by atoms with Crippen molar-refractivity contribution >= 4 is 27.3 Å². The average molecular weight is 317 g/mol. The number of nitro groups is 1. The van der Waals surface area contributed by atoms with E-state index in [2.05, 4.69) is 21.2 Å². The van der Waals surface area contributed by atoms with Gasteiger partial charge in [-0.2, -0.15) is 0 Å². The van der Waals surface area contributed by atoms with Crippen LogP contribution in [0.2, 0.25) is 0 Å². The van der Waals surface area contributed by atoms with Crippen LogP contribution in [0.3, 0.4) is 0 Å². The summed E-state index contributed by atoms with van der Waals surface area (Å²) >= 11 is 3.19. The van der Waals surface area contributed by atoms with Gasteiger partial charge in [-0.25, -0.2) is 0 Å². The number of benzene rings is 1. The van der Waals surface area contributed by atoms with Crippen molar-refractivity contribution in [3.05, 3.63) is 32.8 Å². The molecule has 0 saturated carbocycles. The zero-order valence-corrected chi connectivity index (χ0v) is 12.3. The third-order valence-electron chi connectivity index (χ3n) is 2.75. The number of hydrogen-bond donors (Lipinski definition) is 1. The van der Waals surface area contributed by atoms with Gasteiger partial charge in [-0.15, -0.1) is 0 Å². The van der Waals surface area contributed by atoms with Gasteiger partial charge in [0.15, 0.2) is 0 Å². The minimum absolute atomic E-state index is 0.0674. The van der Waals surface area contributed by atoms with E-state index in [1.807, 2.05) is 13.8 Å². The molecule has 100 valence electrons. The highest BCUT2D eigenvalue weighted by molar-refractivity contribution is 9.10. The standard InChI is InChI=1S/C12H17BrN2O3/c1-12(2,18-3)6-7-14-9-4-5-11(15(16)17)10(13)8-9/h4-5,8,14H,6-7H2,1-3H3. The van der Waals surface area contributed by atoms with Gasteiger partial charge < -0.3 is 10.1 Å². The summed E-state index contributed by atoms with van der Waals surface area (Å²) in [5.74, 6) is 0. The molecule has 6 heteroatoms. The monoisotopic (exact) mass is 316 g/mol. The molecule has 18 heavy (non-hydrogen) atoms. The third-order valence-corrected chi connectivity index (χ3v) is 3.39. The van der Waals surface area contributed by atoms with Crippen LogP contribution >= 0.6 is 15.9 Å². The van der Waals surface area contributed by atoms with Gasteiger partial charge in [0.05, 0.1) is 15.0 Å². The number of nitrogens with zero attached hydrogens (tertiary/aromatic N) is 1. The van der Waals surface area contributed by atoms with Crippen molar-refractivity contribution < 1.29 is 9.66 Å². The van der Waals surface area contributed by atoms with Crippen LogP contribution in [0.5, 0.6) is 0 Å². The highest BCUT2D eigenvalue weighted by Crippen LogP contribution is 2.27. The maximum atomic E-state index is 10.7. The molecule has 0 aliphatic carbocycles. The highest BCUT2D eigenvalue weighted by Gasteiger charge is 2.16. The van der Waals surface area contributed by atoms with Gasteiger partial charge in [0.1, 0.15) is 0 Å². The lowest BCUT2D eigenvalue weighted by molar-refractivity contribution is -0.385. The molecule has 1 aromatic carbocycles. The topological polar surface area (TPSA) is 64.4 Å². The Morgan fingerprint density at radius 3 is 2.67 bits per heavy atom. The van der Waals surface area contributed by atoms with E-state index in [1.54, 1.807) is 19.2 Å². The molecule has 0 radical (unpaired) electrons. The second-order valence-corrected chi connectivity index (χ2v) is 5.42. The predicted molar refractivity (Wildman–Crippen MR) is 75.0 cm³/mol. The lowest BCUT2D eigenvalue weighted by atomic mass is 10.1. The molecule has 1 aromatic rings. The van der Waals surface area contributed by atoms with E-state index in [1.165, 1.54) is 6.07 Å². The van der Waals surface area contributed by atoms with E-state index >= 15 is 0 Å². The Morgan fingerprint density at radius 1 is 1.50 bits per heavy atom. The largest absolute Gasteiger partial charge is 0.385 e. The van der Waals surface area contributed by atoms with Gasteiger partial charge in [0.25, 0.3) is 5.69 Å². The van der Waals surface area contributed by atoms with Crippen molar-refractivity contribution in [1.29, 1.82) is 0 Å². The molecular weight excluding hydrogens is 300 g/mol. The predicted octanol–water partition coefficient (Wildman–Crippen LogP) is 3.58. The average Bonchev–Trinajstić information content (AvgIpc) is 2.28. The summed E-state index contributed by atoms with van der Waals surface area (Å²) in [6.45, 7) is 4.77. The third kappa shape index (κ3) is 4.27. The molecule has 0 bridgehead atoms. The van der Waals surface area contributed by atoms with Crippen molar-refractivity contribution in [3.63, 3.8) is 0 Å². The first-order valence-electron chi connectivity index (χ1n) is 5.59. The Labute approximate surface area is 115 Å². The van der Waals surface area contributed by atoms with Crippen LogP contribution < -0.4 is 5.32 Å². The number of nitro benzene ring substituents is 1. The molecule has 0 saturated heterocycles. The quantitative estimate of drug-likeness (QED) is 0.643. The van der Waals surface area contributed by atoms with Crippen LogP contribution in [0.15, 0.2) is 22.7 Å². The van der Waals surface area contributed by atoms with Crippen molar-refractivity contribution in [3.8, 4) is 0 Å². The zero-order valence-electron chi connectivity index (χ0n) is 10.7. The molecule has 0 aromatic heterocycles. The molecule has 0 spiro atoms. The van der Waals surface area contributed by atoms with E-state index in [-0.39, 0.29) is 11.3 Å². The van der Waals surface area contributed by atoms with Crippen LogP contribution in [0, 0.1) is 10.1 Å². The van der Waals surface area contributed by atoms with Crippen molar-refractivity contribution in [2.45, 2.75) is 25.9 Å². The summed E-state index contributed by atoms with van der Waals surface area (Å²) < 4.78 is 5.79. The van der Waals surface area contributed by atoms with Crippen LogP contribution in [-0.2, 0) is 4.74 Å². The van der Waals surface area contributed by atoms with Crippen LogP contribution in [-0.4, -0.2) is 24.2 Å². The SMILES string of the molecule is COC(C)(C)CCNc1ccc([N+](=O)[O-])c(Br)c1. The van der Waals surface area contributed by atoms with Gasteiger partial charge in [0, 0.05) is 25.4 Å². The number of hydrogen-bond acceptors (Lipinski definition) is 4. The molecule has 0 amide bonds. The minimum Gasteiger partial charge on any atom is -0.385 e. The lowest BCUT2D eigenvalue weighted by Crippen LogP contribution is -2.25. The zero-order chi connectivity index (χ0) is 13.8. The fourth-order valence-corrected chi connectivity index (χ4v) is 1.90. The summed E-state index contributed by atoms with van der Waals surface area (Å²) in [6, 6.07) is 4.88. The first-order valence-corrected chi connectivity index (χ1v) is 6.38. The summed E-state index contributed by atoms with van der Waals surface area (Å²) in [4.78, 5) is 10.2. The fourth-order valence-electron chi connectivity index (χ4n) is 1.37. The van der Waals surface area contributed by atoms with Crippen molar-refractivity contribution in [1.82, 2.24) is 0 Å². The summed E-state index contributed by atoms with van der Waals surface area (Å²) in [5, 5.41) is 13.9. The first-order chi connectivity index (χ1) is 8.35. The van der Waals surface area contributed by atoms with Crippen molar-refractivity contribution in [2.24, 2.45) is 0 Å². The molecule has 0 unspecified atom stereocenters. The molecule has 1 N–H and O–H groups in total. The lowest BCUT2D eigenvalue weighted by Gasteiger charge is -2.23. The van der Waals surface area contributed by atoms with Crippen LogP contribution in [0.4, 0.5) is 11.4 Å². The number of halogens is 1. The van der Waals surface area contributed by atoms with E-state index in [0.29, 0.717) is 4.47 Å². The molecule has 5 nitrogen and oxygen atoms in total. The smallest absolute Gasteiger partial charge is 0.283 e. The van der Waals surface area contributed by atoms with E-state index < -0.39 is 4.92 Å². The molecular formula is C12H17BrN2O3. The van der Waals surface area contributed by atoms with Gasteiger partial charge in [-0.05, 0) is 48.3 Å². The Kier molecular flexibility index (Phi) is 5.10.